The number of carbonyl (C=O) groups is 2. The Morgan fingerprint density at radius 1 is 1.48 bits per heavy atom. The van der Waals surface area contributed by atoms with Gasteiger partial charge in [0, 0.05) is 30.2 Å². The third-order valence-electron chi connectivity index (χ3n) is 3.89. The number of nitro groups is 1. The van der Waals surface area contributed by atoms with Crippen LogP contribution >= 0.6 is 0 Å². The van der Waals surface area contributed by atoms with Gasteiger partial charge in [0.15, 0.2) is 0 Å². The summed E-state index contributed by atoms with van der Waals surface area (Å²) in [6.07, 6.45) is 1.41. The molecule has 1 aromatic carbocycles. The molecule has 0 aliphatic carbocycles. The third-order valence-corrected chi connectivity index (χ3v) is 3.89. The molecule has 1 aliphatic heterocycles. The Kier molecular flexibility index (Phi) is 5.28. The lowest BCUT2D eigenvalue weighted by molar-refractivity contribution is -0.384. The van der Waals surface area contributed by atoms with Crippen LogP contribution in [0.25, 0.3) is 0 Å². The van der Waals surface area contributed by atoms with Gasteiger partial charge in [0.25, 0.3) is 11.6 Å². The fourth-order valence-electron chi connectivity index (χ4n) is 2.64. The van der Waals surface area contributed by atoms with E-state index in [1.807, 2.05) is 0 Å². The Balaban J connectivity index is 2.15. The largest absolute Gasteiger partial charge is 0.480 e. The minimum atomic E-state index is -1.12. The van der Waals surface area contributed by atoms with E-state index in [1.54, 1.807) is 6.92 Å². The molecule has 2 atom stereocenters. The maximum absolute atomic E-state index is 12.3. The second kappa shape index (κ2) is 7.19. The van der Waals surface area contributed by atoms with Crippen LogP contribution in [0.1, 0.15) is 28.8 Å². The maximum Gasteiger partial charge on any atom is 0.326 e. The lowest BCUT2D eigenvalue weighted by atomic mass is 9.93. The molecule has 1 saturated heterocycles. The summed E-state index contributed by atoms with van der Waals surface area (Å²) in [7, 11) is 0. The monoisotopic (exact) mass is 322 g/mol. The number of nitrogens with zero attached hydrogens (tertiary/aromatic N) is 1. The first-order chi connectivity index (χ1) is 10.9. The van der Waals surface area contributed by atoms with Gasteiger partial charge in [0.1, 0.15) is 6.04 Å². The molecular weight excluding hydrogens is 304 g/mol. The molecule has 0 bridgehead atoms. The van der Waals surface area contributed by atoms with E-state index in [0.29, 0.717) is 18.6 Å². The van der Waals surface area contributed by atoms with Crippen LogP contribution in [0.15, 0.2) is 18.2 Å². The van der Waals surface area contributed by atoms with Gasteiger partial charge in [-0.25, -0.2) is 4.79 Å². The number of nitro benzene ring substituents is 1. The number of amides is 1. The lowest BCUT2D eigenvalue weighted by Gasteiger charge is -2.28. The fourth-order valence-corrected chi connectivity index (χ4v) is 2.64. The van der Waals surface area contributed by atoms with E-state index in [2.05, 4.69) is 5.32 Å². The first-order valence-corrected chi connectivity index (χ1v) is 7.26. The van der Waals surface area contributed by atoms with Gasteiger partial charge in [-0.2, -0.15) is 0 Å². The van der Waals surface area contributed by atoms with E-state index < -0.39 is 22.8 Å². The van der Waals surface area contributed by atoms with Crippen LogP contribution in [0.5, 0.6) is 0 Å². The quantitative estimate of drug-likeness (QED) is 0.626. The standard InChI is InChI=1S/C15H18N2O6/c1-9-7-11(17(21)22)4-5-12(9)14(18)16-13(15(19)20)10-3-2-6-23-8-10/h4-5,7,10,13H,2-3,6,8H2,1H3,(H,16,18)(H,19,20). The number of aryl methyl sites for hydroxylation is 1. The highest BCUT2D eigenvalue weighted by Crippen LogP contribution is 2.20. The topological polar surface area (TPSA) is 119 Å². The predicted molar refractivity (Wildman–Crippen MR) is 80.3 cm³/mol. The molecule has 0 spiro atoms. The summed E-state index contributed by atoms with van der Waals surface area (Å²) in [5.41, 5.74) is 0.522. The highest BCUT2D eigenvalue weighted by molar-refractivity contribution is 5.98. The molecule has 1 heterocycles. The zero-order chi connectivity index (χ0) is 17.0. The second-order valence-corrected chi connectivity index (χ2v) is 5.52. The van der Waals surface area contributed by atoms with Gasteiger partial charge in [0.2, 0.25) is 0 Å². The van der Waals surface area contributed by atoms with Crippen LogP contribution in [0.2, 0.25) is 0 Å². The van der Waals surface area contributed by atoms with Gasteiger partial charge in [-0.1, -0.05) is 0 Å². The van der Waals surface area contributed by atoms with Crippen molar-refractivity contribution in [3.63, 3.8) is 0 Å². The van der Waals surface area contributed by atoms with Crippen molar-refractivity contribution in [2.75, 3.05) is 13.2 Å². The van der Waals surface area contributed by atoms with Crippen LogP contribution in [-0.4, -0.2) is 41.2 Å². The Morgan fingerprint density at radius 3 is 2.74 bits per heavy atom. The minimum Gasteiger partial charge on any atom is -0.480 e. The van der Waals surface area contributed by atoms with Crippen molar-refractivity contribution in [1.29, 1.82) is 0 Å². The van der Waals surface area contributed by atoms with Crippen molar-refractivity contribution in [2.24, 2.45) is 5.92 Å². The molecular formula is C15H18N2O6. The van der Waals surface area contributed by atoms with Gasteiger partial charge in [0.05, 0.1) is 11.5 Å². The molecule has 2 N–H and O–H groups in total. The van der Waals surface area contributed by atoms with Gasteiger partial charge in [-0.05, 0) is 31.4 Å². The van der Waals surface area contributed by atoms with Crippen molar-refractivity contribution < 1.29 is 24.4 Å². The number of aliphatic carboxylic acids is 1. The Bertz CT molecular complexity index is 624. The molecule has 8 heteroatoms. The molecule has 0 aromatic heterocycles. The van der Waals surface area contributed by atoms with Crippen molar-refractivity contribution in [1.82, 2.24) is 5.32 Å². The predicted octanol–water partition coefficient (Wildman–Crippen LogP) is 1.51. The molecule has 1 fully saturated rings. The van der Waals surface area contributed by atoms with E-state index in [4.69, 9.17) is 4.74 Å². The van der Waals surface area contributed by atoms with Gasteiger partial charge in [-0.15, -0.1) is 0 Å². The summed E-state index contributed by atoms with van der Waals surface area (Å²) in [6, 6.07) is 2.80. The number of rotatable bonds is 5. The van der Waals surface area contributed by atoms with Crippen LogP contribution in [0.3, 0.4) is 0 Å². The molecule has 2 unspecified atom stereocenters. The molecule has 0 radical (unpaired) electrons. The third kappa shape index (κ3) is 4.04. The number of carboxylic acid groups (broad SMARTS) is 1. The van der Waals surface area contributed by atoms with E-state index in [-0.39, 0.29) is 23.8 Å². The lowest BCUT2D eigenvalue weighted by Crippen LogP contribution is -2.48. The first kappa shape index (κ1) is 16.9. The number of carbonyl (C=O) groups excluding carboxylic acids is 1. The zero-order valence-electron chi connectivity index (χ0n) is 12.7. The Morgan fingerprint density at radius 2 is 2.22 bits per heavy atom. The highest BCUT2D eigenvalue weighted by atomic mass is 16.6. The number of benzene rings is 1. The smallest absolute Gasteiger partial charge is 0.326 e. The van der Waals surface area contributed by atoms with E-state index in [9.17, 15) is 24.8 Å². The molecule has 1 amide bonds. The summed E-state index contributed by atoms with van der Waals surface area (Å²) in [5, 5.41) is 22.6. The summed E-state index contributed by atoms with van der Waals surface area (Å²) < 4.78 is 5.28. The average molecular weight is 322 g/mol. The minimum absolute atomic E-state index is 0.116. The molecule has 2 rings (SSSR count). The maximum atomic E-state index is 12.3. The number of non-ortho nitro benzene ring substituents is 1. The van der Waals surface area contributed by atoms with Crippen LogP contribution in [0.4, 0.5) is 5.69 Å². The normalized spacial score (nSPS) is 18.9. The number of nitrogens with one attached hydrogen (secondary N) is 1. The highest BCUT2D eigenvalue weighted by Gasteiger charge is 2.32. The summed E-state index contributed by atoms with van der Waals surface area (Å²) >= 11 is 0. The molecule has 1 aromatic rings. The molecule has 124 valence electrons. The van der Waals surface area contributed by atoms with Crippen LogP contribution < -0.4 is 5.32 Å². The zero-order valence-corrected chi connectivity index (χ0v) is 12.7. The Hall–Kier alpha value is -2.48. The van der Waals surface area contributed by atoms with Crippen LogP contribution in [0, 0.1) is 23.0 Å². The number of carboxylic acids is 1. The molecule has 8 nitrogen and oxygen atoms in total. The summed E-state index contributed by atoms with van der Waals surface area (Å²) in [4.78, 5) is 33.9. The first-order valence-electron chi connectivity index (χ1n) is 7.26. The molecule has 1 aliphatic rings. The summed E-state index contributed by atoms with van der Waals surface area (Å²) in [6.45, 7) is 2.45. The van der Waals surface area contributed by atoms with Crippen molar-refractivity contribution in [3.05, 3.63) is 39.4 Å². The van der Waals surface area contributed by atoms with Gasteiger partial charge < -0.3 is 15.2 Å². The number of hydrogen-bond donors (Lipinski definition) is 2. The number of hydrogen-bond acceptors (Lipinski definition) is 5. The van der Waals surface area contributed by atoms with Gasteiger partial charge in [-0.3, -0.25) is 14.9 Å². The fraction of sp³-hybridized carbons (Fsp3) is 0.467. The second-order valence-electron chi connectivity index (χ2n) is 5.52. The van der Waals surface area contributed by atoms with Crippen molar-refractivity contribution in [2.45, 2.75) is 25.8 Å². The van der Waals surface area contributed by atoms with E-state index >= 15 is 0 Å². The summed E-state index contributed by atoms with van der Waals surface area (Å²) in [5.74, 6) is -1.97. The van der Waals surface area contributed by atoms with E-state index in [1.165, 1.54) is 18.2 Å². The van der Waals surface area contributed by atoms with Crippen molar-refractivity contribution in [3.8, 4) is 0 Å². The number of ether oxygens (including phenoxy) is 1. The van der Waals surface area contributed by atoms with Gasteiger partial charge >= 0.3 is 5.97 Å². The SMILES string of the molecule is Cc1cc([N+](=O)[O-])ccc1C(=O)NC(C(=O)O)C1CCCOC1. The van der Waals surface area contributed by atoms with Crippen LogP contribution in [-0.2, 0) is 9.53 Å². The average Bonchev–Trinajstić information content (AvgIpc) is 2.52. The Labute approximate surface area is 132 Å². The molecule has 0 saturated carbocycles. The van der Waals surface area contributed by atoms with Crippen molar-refractivity contribution >= 4 is 17.6 Å². The molecule has 23 heavy (non-hydrogen) atoms. The van der Waals surface area contributed by atoms with E-state index in [0.717, 1.165) is 6.42 Å².